The highest BCUT2D eigenvalue weighted by Crippen LogP contribution is 2.36. The molecular weight excluding hydrogens is 368 g/mol. The summed E-state index contributed by atoms with van der Waals surface area (Å²) in [5.41, 5.74) is 3.47. The third-order valence-corrected chi connectivity index (χ3v) is 5.63. The number of hydrogen-bond acceptors (Lipinski definition) is 2. The second-order valence-corrected chi connectivity index (χ2v) is 7.83. The zero-order valence-electron chi connectivity index (χ0n) is 17.0. The second-order valence-electron chi connectivity index (χ2n) is 7.83. The van der Waals surface area contributed by atoms with Crippen LogP contribution in [0.4, 0.5) is 0 Å². The molecule has 4 aromatic carbocycles. The van der Waals surface area contributed by atoms with Crippen LogP contribution >= 0.6 is 0 Å². The number of benzene rings is 4. The first kappa shape index (κ1) is 18.3. The summed E-state index contributed by atoms with van der Waals surface area (Å²) in [6.45, 7) is 3.97. The number of rotatable bonds is 3. The van der Waals surface area contributed by atoms with Crippen LogP contribution in [0.15, 0.2) is 95.9 Å². The van der Waals surface area contributed by atoms with Gasteiger partial charge in [0.2, 0.25) is 0 Å². The largest absolute Gasteiger partial charge is 0.275 e. The monoisotopic (exact) mass is 390 g/mol. The summed E-state index contributed by atoms with van der Waals surface area (Å²) in [5.74, 6) is 0. The van der Waals surface area contributed by atoms with E-state index in [0.29, 0.717) is 5.56 Å². The fraction of sp³-hybridized carbons (Fsp3) is 0.111. The van der Waals surface area contributed by atoms with E-state index in [9.17, 15) is 4.79 Å². The highest BCUT2D eigenvalue weighted by atomic mass is 16.1. The van der Waals surface area contributed by atoms with E-state index >= 15 is 0 Å². The Labute approximate surface area is 175 Å². The van der Waals surface area contributed by atoms with E-state index in [-0.39, 0.29) is 11.6 Å². The molecule has 0 amide bonds. The molecule has 0 aliphatic rings. The van der Waals surface area contributed by atoms with E-state index in [1.165, 1.54) is 0 Å². The average molecular weight is 390 g/mol. The van der Waals surface area contributed by atoms with Gasteiger partial charge in [0.05, 0.1) is 17.8 Å². The second kappa shape index (κ2) is 7.27. The van der Waals surface area contributed by atoms with Crippen molar-refractivity contribution in [2.75, 3.05) is 0 Å². The predicted octanol–water partition coefficient (Wildman–Crippen LogP) is 6.46. The van der Waals surface area contributed by atoms with E-state index in [1.807, 2.05) is 62.5 Å². The minimum absolute atomic E-state index is 0.0206. The Hall–Kier alpha value is -3.72. The quantitative estimate of drug-likeness (QED) is 0.354. The van der Waals surface area contributed by atoms with Crippen LogP contribution in [0.25, 0.3) is 43.8 Å². The van der Waals surface area contributed by atoms with Gasteiger partial charge in [-0.2, -0.15) is 5.10 Å². The van der Waals surface area contributed by atoms with Gasteiger partial charge in [-0.25, -0.2) is 4.68 Å². The third kappa shape index (κ3) is 2.91. The van der Waals surface area contributed by atoms with Crippen molar-refractivity contribution < 1.29 is 0 Å². The number of aromatic nitrogens is 2. The first-order chi connectivity index (χ1) is 14.6. The maximum atomic E-state index is 13.7. The van der Waals surface area contributed by atoms with Crippen molar-refractivity contribution in [1.29, 1.82) is 0 Å². The summed E-state index contributed by atoms with van der Waals surface area (Å²) in [5, 5.41) is 8.98. The summed E-state index contributed by atoms with van der Waals surface area (Å²) >= 11 is 0. The molecule has 146 valence electrons. The number of nitrogens with zero attached hydrogens (tertiary/aromatic N) is 2. The SMILES string of the molecule is CC(C)n1ncc(-c2cccc3ccccc23)c(-c2cccc3ccccc23)c1=O. The van der Waals surface area contributed by atoms with Crippen LogP contribution in [0.3, 0.4) is 0 Å². The lowest BCUT2D eigenvalue weighted by Crippen LogP contribution is -2.26. The Kier molecular flexibility index (Phi) is 4.44. The summed E-state index contributed by atoms with van der Waals surface area (Å²) in [6, 6.07) is 28.8. The topological polar surface area (TPSA) is 34.9 Å². The van der Waals surface area contributed by atoms with Crippen molar-refractivity contribution >= 4 is 21.5 Å². The molecule has 0 saturated carbocycles. The van der Waals surface area contributed by atoms with Gasteiger partial charge in [-0.3, -0.25) is 4.79 Å². The number of hydrogen-bond donors (Lipinski definition) is 0. The molecule has 0 saturated heterocycles. The highest BCUT2D eigenvalue weighted by molar-refractivity contribution is 6.04. The molecule has 0 fully saturated rings. The minimum atomic E-state index is -0.0632. The van der Waals surface area contributed by atoms with E-state index in [2.05, 4.69) is 47.6 Å². The van der Waals surface area contributed by atoms with Gasteiger partial charge in [-0.15, -0.1) is 0 Å². The standard InChI is InChI=1S/C27H22N2O/c1-18(2)29-27(30)26(24-16-8-12-20-10-4-6-14-22(20)24)25(17-28-29)23-15-7-11-19-9-3-5-13-21(19)23/h3-18H,1-2H3. The first-order valence-corrected chi connectivity index (χ1v) is 10.2. The molecule has 5 rings (SSSR count). The van der Waals surface area contributed by atoms with Crippen LogP contribution < -0.4 is 5.56 Å². The number of fused-ring (bicyclic) bond motifs is 2. The lowest BCUT2D eigenvalue weighted by Gasteiger charge is -2.17. The Morgan fingerprint density at radius 1 is 0.667 bits per heavy atom. The highest BCUT2D eigenvalue weighted by Gasteiger charge is 2.19. The summed E-state index contributed by atoms with van der Waals surface area (Å²) in [7, 11) is 0. The van der Waals surface area contributed by atoms with Gasteiger partial charge in [0.25, 0.3) is 5.56 Å². The van der Waals surface area contributed by atoms with Gasteiger partial charge in [0, 0.05) is 5.56 Å². The smallest absolute Gasteiger partial charge is 0.267 e. The van der Waals surface area contributed by atoms with E-state index in [0.717, 1.165) is 38.2 Å². The molecular formula is C27H22N2O. The molecule has 0 radical (unpaired) electrons. The molecule has 0 N–H and O–H groups in total. The minimum Gasteiger partial charge on any atom is -0.267 e. The average Bonchev–Trinajstić information content (AvgIpc) is 2.78. The summed E-state index contributed by atoms with van der Waals surface area (Å²) in [4.78, 5) is 13.7. The van der Waals surface area contributed by atoms with Crippen molar-refractivity contribution in [1.82, 2.24) is 9.78 Å². The molecule has 30 heavy (non-hydrogen) atoms. The molecule has 0 spiro atoms. The maximum Gasteiger partial charge on any atom is 0.275 e. The zero-order chi connectivity index (χ0) is 20.7. The zero-order valence-corrected chi connectivity index (χ0v) is 17.0. The summed E-state index contributed by atoms with van der Waals surface area (Å²) in [6.07, 6.45) is 1.85. The van der Waals surface area contributed by atoms with Crippen molar-refractivity contribution in [3.63, 3.8) is 0 Å². The van der Waals surface area contributed by atoms with Gasteiger partial charge in [-0.1, -0.05) is 84.9 Å². The molecule has 5 aromatic rings. The van der Waals surface area contributed by atoms with Gasteiger partial charge in [-0.05, 0) is 46.5 Å². The van der Waals surface area contributed by atoms with E-state index < -0.39 is 0 Å². The van der Waals surface area contributed by atoms with Crippen molar-refractivity contribution in [2.45, 2.75) is 19.9 Å². The summed E-state index contributed by atoms with van der Waals surface area (Å²) < 4.78 is 1.58. The van der Waals surface area contributed by atoms with Crippen LogP contribution in [0.5, 0.6) is 0 Å². The Bertz CT molecular complexity index is 1440. The van der Waals surface area contributed by atoms with Gasteiger partial charge in [0.1, 0.15) is 0 Å². The van der Waals surface area contributed by atoms with Crippen molar-refractivity contribution in [3.8, 4) is 22.3 Å². The van der Waals surface area contributed by atoms with Crippen molar-refractivity contribution in [3.05, 3.63) is 101 Å². The Balaban J connectivity index is 1.92. The normalized spacial score (nSPS) is 11.4. The lowest BCUT2D eigenvalue weighted by molar-refractivity contribution is 0.504. The van der Waals surface area contributed by atoms with Crippen LogP contribution in [-0.2, 0) is 0 Å². The molecule has 0 atom stereocenters. The molecule has 1 aromatic heterocycles. The van der Waals surface area contributed by atoms with Crippen molar-refractivity contribution in [2.24, 2.45) is 0 Å². The Morgan fingerprint density at radius 2 is 1.20 bits per heavy atom. The maximum absolute atomic E-state index is 13.7. The fourth-order valence-corrected chi connectivity index (χ4v) is 4.20. The fourth-order valence-electron chi connectivity index (χ4n) is 4.20. The molecule has 0 unspecified atom stereocenters. The van der Waals surface area contributed by atoms with E-state index in [4.69, 9.17) is 0 Å². The molecule has 0 aliphatic carbocycles. The lowest BCUT2D eigenvalue weighted by atomic mass is 9.91. The van der Waals surface area contributed by atoms with Crippen LogP contribution in [0.1, 0.15) is 19.9 Å². The van der Waals surface area contributed by atoms with Gasteiger partial charge >= 0.3 is 0 Å². The van der Waals surface area contributed by atoms with Crippen LogP contribution in [0, 0.1) is 0 Å². The molecule has 1 heterocycles. The third-order valence-electron chi connectivity index (χ3n) is 5.63. The predicted molar refractivity (Wildman–Crippen MR) is 125 cm³/mol. The van der Waals surface area contributed by atoms with Gasteiger partial charge < -0.3 is 0 Å². The Morgan fingerprint density at radius 3 is 1.83 bits per heavy atom. The van der Waals surface area contributed by atoms with Crippen LogP contribution in [-0.4, -0.2) is 9.78 Å². The molecule has 3 nitrogen and oxygen atoms in total. The molecule has 3 heteroatoms. The molecule has 0 bridgehead atoms. The first-order valence-electron chi connectivity index (χ1n) is 10.2. The van der Waals surface area contributed by atoms with E-state index in [1.54, 1.807) is 4.68 Å². The van der Waals surface area contributed by atoms with Gasteiger partial charge in [0.15, 0.2) is 0 Å². The molecule has 0 aliphatic heterocycles. The van der Waals surface area contributed by atoms with Crippen LogP contribution in [0.2, 0.25) is 0 Å².